The van der Waals surface area contributed by atoms with Gasteiger partial charge in [-0.3, -0.25) is 0 Å². The number of ether oxygens (including phenoxy) is 2. The van der Waals surface area contributed by atoms with Crippen LogP contribution in [-0.4, -0.2) is 7.11 Å². The van der Waals surface area contributed by atoms with Crippen LogP contribution >= 0.6 is 0 Å². The van der Waals surface area contributed by atoms with Gasteiger partial charge in [0.05, 0.1) is 18.8 Å². The molecule has 0 amide bonds. The minimum absolute atomic E-state index is 0.448. The van der Waals surface area contributed by atoms with Crippen LogP contribution in [0.4, 0.5) is 0 Å². The second-order valence-electron chi connectivity index (χ2n) is 6.51. The molecule has 0 bridgehead atoms. The van der Waals surface area contributed by atoms with Crippen LogP contribution in [0.3, 0.4) is 0 Å². The molecule has 0 aliphatic carbocycles. The Balaban J connectivity index is 1.98. The van der Waals surface area contributed by atoms with E-state index in [-0.39, 0.29) is 0 Å². The van der Waals surface area contributed by atoms with Gasteiger partial charge < -0.3 is 9.47 Å². The lowest BCUT2D eigenvalue weighted by Crippen LogP contribution is -2.01. The van der Waals surface area contributed by atoms with Crippen molar-refractivity contribution in [2.24, 2.45) is 0 Å². The lowest BCUT2D eigenvalue weighted by Gasteiger charge is -2.16. The van der Waals surface area contributed by atoms with E-state index in [9.17, 15) is 5.26 Å². The van der Waals surface area contributed by atoms with E-state index in [0.717, 1.165) is 22.3 Å². The van der Waals surface area contributed by atoms with E-state index >= 15 is 0 Å². The van der Waals surface area contributed by atoms with E-state index in [2.05, 4.69) is 12.6 Å². The minimum Gasteiger partial charge on any atom is -0.493 e. The van der Waals surface area contributed by atoms with Gasteiger partial charge in [-0.05, 0) is 41.3 Å². The first kappa shape index (κ1) is 20.0. The standard InChI is InChI=1S/C26H23NO2/c1-3-10-23-15-21(16-24(18-27)22-13-8-5-9-14-22)17-25(28-2)26(23)29-19-20-11-6-4-7-12-20/h3-9,11-17H,1,10,19H2,2H3/b24-16+. The van der Waals surface area contributed by atoms with E-state index < -0.39 is 0 Å². The van der Waals surface area contributed by atoms with Crippen LogP contribution in [0.25, 0.3) is 11.6 Å². The van der Waals surface area contributed by atoms with Crippen molar-refractivity contribution in [3.05, 3.63) is 108 Å². The molecule has 144 valence electrons. The molecule has 0 atom stereocenters. The van der Waals surface area contributed by atoms with Gasteiger partial charge in [-0.25, -0.2) is 0 Å². The van der Waals surface area contributed by atoms with Crippen molar-refractivity contribution < 1.29 is 9.47 Å². The fourth-order valence-electron chi connectivity index (χ4n) is 3.08. The maximum Gasteiger partial charge on any atom is 0.165 e. The van der Waals surface area contributed by atoms with Crippen molar-refractivity contribution in [1.82, 2.24) is 0 Å². The molecule has 0 saturated carbocycles. The summed E-state index contributed by atoms with van der Waals surface area (Å²) < 4.78 is 11.7. The normalized spacial score (nSPS) is 10.8. The summed E-state index contributed by atoms with van der Waals surface area (Å²) in [5, 5.41) is 9.61. The summed E-state index contributed by atoms with van der Waals surface area (Å²) >= 11 is 0. The highest BCUT2D eigenvalue weighted by atomic mass is 16.5. The summed E-state index contributed by atoms with van der Waals surface area (Å²) in [6.07, 6.45) is 4.33. The summed E-state index contributed by atoms with van der Waals surface area (Å²) in [6.45, 7) is 4.31. The Bertz CT molecular complexity index is 1030. The molecular weight excluding hydrogens is 358 g/mol. The Labute approximate surface area is 172 Å². The van der Waals surface area contributed by atoms with E-state index in [0.29, 0.717) is 30.1 Å². The van der Waals surface area contributed by atoms with Crippen molar-refractivity contribution in [3.63, 3.8) is 0 Å². The van der Waals surface area contributed by atoms with E-state index in [1.54, 1.807) is 7.11 Å². The third-order valence-electron chi connectivity index (χ3n) is 4.48. The molecule has 0 N–H and O–H groups in total. The van der Waals surface area contributed by atoms with Crippen LogP contribution in [-0.2, 0) is 13.0 Å². The van der Waals surface area contributed by atoms with Crippen molar-refractivity contribution in [3.8, 4) is 17.6 Å². The fraction of sp³-hybridized carbons (Fsp3) is 0.115. The first-order chi connectivity index (χ1) is 14.2. The molecule has 3 rings (SSSR count). The number of rotatable bonds is 8. The molecule has 0 unspecified atom stereocenters. The Morgan fingerprint density at radius 1 is 1.03 bits per heavy atom. The number of benzene rings is 3. The maximum absolute atomic E-state index is 9.61. The second kappa shape index (κ2) is 9.96. The quantitative estimate of drug-likeness (QED) is 0.270. The summed E-state index contributed by atoms with van der Waals surface area (Å²) in [7, 11) is 1.62. The van der Waals surface area contributed by atoms with Crippen molar-refractivity contribution in [2.75, 3.05) is 7.11 Å². The predicted molar refractivity (Wildman–Crippen MR) is 118 cm³/mol. The highest BCUT2D eigenvalue weighted by Crippen LogP contribution is 2.35. The van der Waals surface area contributed by atoms with Crippen LogP contribution < -0.4 is 9.47 Å². The Kier molecular flexibility index (Phi) is 6.86. The highest BCUT2D eigenvalue weighted by Gasteiger charge is 2.13. The first-order valence-corrected chi connectivity index (χ1v) is 9.41. The number of nitriles is 1. The van der Waals surface area contributed by atoms with Gasteiger partial charge in [-0.2, -0.15) is 5.26 Å². The van der Waals surface area contributed by atoms with Crippen molar-refractivity contribution in [2.45, 2.75) is 13.0 Å². The molecule has 0 heterocycles. The topological polar surface area (TPSA) is 42.2 Å². The summed E-state index contributed by atoms with van der Waals surface area (Å²) in [5.41, 5.74) is 4.40. The molecule has 29 heavy (non-hydrogen) atoms. The largest absolute Gasteiger partial charge is 0.493 e. The smallest absolute Gasteiger partial charge is 0.165 e. The minimum atomic E-state index is 0.448. The molecular formula is C26H23NO2. The molecule has 0 aliphatic rings. The van der Waals surface area contributed by atoms with Gasteiger partial charge in [0, 0.05) is 5.56 Å². The number of hydrogen-bond acceptors (Lipinski definition) is 3. The van der Waals surface area contributed by atoms with Crippen LogP contribution in [0.1, 0.15) is 22.3 Å². The number of nitrogens with zero attached hydrogens (tertiary/aromatic N) is 1. The molecule has 0 aromatic heterocycles. The van der Waals surface area contributed by atoms with E-state index in [1.807, 2.05) is 84.9 Å². The van der Waals surface area contributed by atoms with Crippen LogP contribution in [0.15, 0.2) is 85.5 Å². The highest BCUT2D eigenvalue weighted by molar-refractivity contribution is 5.90. The summed E-state index contributed by atoms with van der Waals surface area (Å²) in [5.74, 6) is 1.34. The molecule has 3 aromatic rings. The number of hydrogen-bond donors (Lipinski definition) is 0. The Morgan fingerprint density at radius 2 is 1.72 bits per heavy atom. The molecule has 0 saturated heterocycles. The van der Waals surface area contributed by atoms with E-state index in [1.165, 1.54) is 0 Å². The molecule has 3 nitrogen and oxygen atoms in total. The van der Waals surface area contributed by atoms with Crippen LogP contribution in [0.2, 0.25) is 0 Å². The average Bonchev–Trinajstić information content (AvgIpc) is 2.78. The zero-order valence-corrected chi connectivity index (χ0v) is 16.5. The number of allylic oxidation sites excluding steroid dienone is 2. The number of methoxy groups -OCH3 is 1. The molecule has 0 aliphatic heterocycles. The monoisotopic (exact) mass is 381 g/mol. The molecule has 0 radical (unpaired) electrons. The summed E-state index contributed by atoms with van der Waals surface area (Å²) in [6, 6.07) is 25.8. The lowest BCUT2D eigenvalue weighted by atomic mass is 10.0. The molecule has 0 fully saturated rings. The third kappa shape index (κ3) is 5.15. The van der Waals surface area contributed by atoms with Gasteiger partial charge in [0.2, 0.25) is 0 Å². The van der Waals surface area contributed by atoms with Crippen LogP contribution in [0.5, 0.6) is 11.5 Å². The van der Waals surface area contributed by atoms with Crippen molar-refractivity contribution in [1.29, 1.82) is 5.26 Å². The third-order valence-corrected chi connectivity index (χ3v) is 4.48. The van der Waals surface area contributed by atoms with Gasteiger partial charge in [0.15, 0.2) is 11.5 Å². The Morgan fingerprint density at radius 3 is 2.34 bits per heavy atom. The zero-order chi connectivity index (χ0) is 20.5. The van der Waals surface area contributed by atoms with Crippen LogP contribution in [0, 0.1) is 11.3 Å². The SMILES string of the molecule is C=CCc1cc(/C=C(\C#N)c2ccccc2)cc(OC)c1OCc1ccccc1. The second-order valence-corrected chi connectivity index (χ2v) is 6.51. The summed E-state index contributed by atoms with van der Waals surface area (Å²) in [4.78, 5) is 0. The van der Waals surface area contributed by atoms with Gasteiger partial charge in [-0.1, -0.05) is 66.7 Å². The van der Waals surface area contributed by atoms with Gasteiger partial charge in [0.1, 0.15) is 6.61 Å². The Hall–Kier alpha value is -3.77. The first-order valence-electron chi connectivity index (χ1n) is 9.41. The molecule has 0 spiro atoms. The van der Waals surface area contributed by atoms with Gasteiger partial charge in [-0.15, -0.1) is 6.58 Å². The maximum atomic E-state index is 9.61. The van der Waals surface area contributed by atoms with E-state index in [4.69, 9.17) is 9.47 Å². The zero-order valence-electron chi connectivity index (χ0n) is 16.5. The predicted octanol–water partition coefficient (Wildman–Crippen LogP) is 6.07. The average molecular weight is 381 g/mol. The van der Waals surface area contributed by atoms with Gasteiger partial charge in [0.25, 0.3) is 0 Å². The molecule has 3 heteroatoms. The fourth-order valence-corrected chi connectivity index (χ4v) is 3.08. The van der Waals surface area contributed by atoms with Gasteiger partial charge >= 0.3 is 0 Å². The lowest BCUT2D eigenvalue weighted by molar-refractivity contribution is 0.282. The molecule has 3 aromatic carbocycles. The van der Waals surface area contributed by atoms with Crippen molar-refractivity contribution >= 4 is 11.6 Å².